The Labute approximate surface area is 173 Å². The van der Waals surface area contributed by atoms with Gasteiger partial charge in [0.2, 0.25) is 0 Å². The van der Waals surface area contributed by atoms with Crippen molar-refractivity contribution in [1.29, 1.82) is 0 Å². The van der Waals surface area contributed by atoms with E-state index in [0.29, 0.717) is 31.2 Å². The van der Waals surface area contributed by atoms with Crippen molar-refractivity contribution in [3.8, 4) is 11.3 Å². The molecule has 1 saturated carbocycles. The first-order chi connectivity index (χ1) is 14.5. The average molecular weight is 408 g/mol. The molecule has 5 rings (SSSR count). The fourth-order valence-electron chi connectivity index (χ4n) is 5.01. The Morgan fingerprint density at radius 3 is 2.60 bits per heavy atom. The van der Waals surface area contributed by atoms with Crippen molar-refractivity contribution >= 4 is 5.78 Å². The number of aromatic nitrogens is 2. The molecule has 0 saturated heterocycles. The van der Waals surface area contributed by atoms with E-state index in [2.05, 4.69) is 4.98 Å². The molecular weight excluding hydrogens is 386 g/mol. The number of nitrogens with zero attached hydrogens (tertiary/aromatic N) is 2. The van der Waals surface area contributed by atoms with Gasteiger partial charge in [-0.3, -0.25) is 4.79 Å². The zero-order valence-electron chi connectivity index (χ0n) is 16.4. The number of halogens is 2. The molecule has 2 heterocycles. The number of carbonyl (C=O) groups is 1. The molecule has 1 aliphatic carbocycles. The van der Waals surface area contributed by atoms with Gasteiger partial charge in [-0.15, -0.1) is 0 Å². The number of hydrogen-bond acceptors (Lipinski definition) is 3. The zero-order chi connectivity index (χ0) is 20.9. The molecule has 1 aromatic heterocycles. The van der Waals surface area contributed by atoms with Crippen LogP contribution in [0.1, 0.15) is 55.2 Å². The van der Waals surface area contributed by atoms with E-state index in [1.165, 1.54) is 18.2 Å². The van der Waals surface area contributed by atoms with Crippen molar-refractivity contribution in [1.82, 2.24) is 9.55 Å². The minimum Gasteiger partial charge on any atom is -0.382 e. The lowest BCUT2D eigenvalue weighted by molar-refractivity contribution is -0.141. The Kier molecular flexibility index (Phi) is 4.54. The SMILES string of the molecule is O=C(CC1c2c(F)cccc2-c2cncn21)C1(O)CCC(c2ccc(F)cc2)CC1. The smallest absolute Gasteiger partial charge is 0.166 e. The molecule has 1 unspecified atom stereocenters. The number of carbonyl (C=O) groups excluding carboxylic acids is 1. The molecule has 2 aromatic carbocycles. The van der Waals surface area contributed by atoms with Crippen LogP contribution in [-0.2, 0) is 4.79 Å². The van der Waals surface area contributed by atoms with Gasteiger partial charge in [-0.1, -0.05) is 24.3 Å². The molecule has 2 aliphatic rings. The average Bonchev–Trinajstić information content (AvgIpc) is 3.33. The second kappa shape index (κ2) is 7.13. The summed E-state index contributed by atoms with van der Waals surface area (Å²) in [7, 11) is 0. The summed E-state index contributed by atoms with van der Waals surface area (Å²) >= 11 is 0. The number of ketones is 1. The molecule has 30 heavy (non-hydrogen) atoms. The van der Waals surface area contributed by atoms with Gasteiger partial charge in [-0.05, 0) is 55.4 Å². The highest BCUT2D eigenvalue weighted by Gasteiger charge is 2.42. The van der Waals surface area contributed by atoms with E-state index in [4.69, 9.17) is 0 Å². The van der Waals surface area contributed by atoms with Gasteiger partial charge >= 0.3 is 0 Å². The molecule has 1 atom stereocenters. The molecule has 3 aromatic rings. The fraction of sp³-hybridized carbons (Fsp3) is 0.333. The van der Waals surface area contributed by atoms with Crippen molar-refractivity contribution in [3.05, 3.63) is 77.8 Å². The van der Waals surface area contributed by atoms with Crippen molar-refractivity contribution in [2.24, 2.45) is 0 Å². The first kappa shape index (κ1) is 19.1. The van der Waals surface area contributed by atoms with Crippen LogP contribution in [0.25, 0.3) is 11.3 Å². The van der Waals surface area contributed by atoms with Crippen LogP contribution in [0.2, 0.25) is 0 Å². The Hall–Kier alpha value is -2.86. The number of aliphatic hydroxyl groups is 1. The molecule has 0 amide bonds. The summed E-state index contributed by atoms with van der Waals surface area (Å²) < 4.78 is 29.6. The Morgan fingerprint density at radius 2 is 1.87 bits per heavy atom. The molecule has 1 fully saturated rings. The van der Waals surface area contributed by atoms with E-state index in [0.717, 1.165) is 16.8 Å². The summed E-state index contributed by atoms with van der Waals surface area (Å²) in [4.78, 5) is 17.3. The molecule has 1 aliphatic heterocycles. The minimum absolute atomic E-state index is 0.0228. The molecule has 1 N–H and O–H groups in total. The number of hydrogen-bond donors (Lipinski definition) is 1. The van der Waals surface area contributed by atoms with E-state index in [-0.39, 0.29) is 29.8 Å². The van der Waals surface area contributed by atoms with Crippen LogP contribution in [0.4, 0.5) is 8.78 Å². The van der Waals surface area contributed by atoms with Crippen LogP contribution in [-0.4, -0.2) is 26.0 Å². The summed E-state index contributed by atoms with van der Waals surface area (Å²) in [5.74, 6) is -0.686. The maximum absolute atomic E-state index is 14.6. The summed E-state index contributed by atoms with van der Waals surface area (Å²) in [6, 6.07) is 10.8. The van der Waals surface area contributed by atoms with E-state index in [9.17, 15) is 18.7 Å². The van der Waals surface area contributed by atoms with Gasteiger partial charge in [0, 0.05) is 17.5 Å². The topological polar surface area (TPSA) is 55.1 Å². The van der Waals surface area contributed by atoms with Crippen LogP contribution in [0, 0.1) is 11.6 Å². The third-order valence-corrected chi connectivity index (χ3v) is 6.72. The van der Waals surface area contributed by atoms with Crippen LogP contribution in [0.5, 0.6) is 0 Å². The number of benzene rings is 2. The van der Waals surface area contributed by atoms with Gasteiger partial charge < -0.3 is 9.67 Å². The number of rotatable bonds is 4. The third-order valence-electron chi connectivity index (χ3n) is 6.72. The standard InChI is InChI=1S/C24H22F2N2O2/c25-17-6-4-15(5-7-17)16-8-10-24(30,11-9-16)22(29)12-20-23-18(2-1-3-19(23)26)21-13-27-14-28(20)21/h1-7,13-14,16,20,30H,8-12H2. The van der Waals surface area contributed by atoms with E-state index >= 15 is 0 Å². The molecule has 154 valence electrons. The maximum atomic E-state index is 14.6. The lowest BCUT2D eigenvalue weighted by Crippen LogP contribution is -2.42. The maximum Gasteiger partial charge on any atom is 0.166 e. The predicted molar refractivity (Wildman–Crippen MR) is 108 cm³/mol. The zero-order valence-corrected chi connectivity index (χ0v) is 16.4. The number of Topliss-reactive ketones (excluding diaryl/α,β-unsaturated/α-hetero) is 1. The Morgan fingerprint density at radius 1 is 1.13 bits per heavy atom. The van der Waals surface area contributed by atoms with Crippen LogP contribution in [0.3, 0.4) is 0 Å². The largest absolute Gasteiger partial charge is 0.382 e. The summed E-state index contributed by atoms with van der Waals surface area (Å²) in [6.07, 6.45) is 5.31. The Bertz CT molecular complexity index is 1100. The molecular formula is C24H22F2N2O2. The lowest BCUT2D eigenvalue weighted by Gasteiger charge is -2.35. The first-order valence-corrected chi connectivity index (χ1v) is 10.3. The van der Waals surface area contributed by atoms with E-state index < -0.39 is 11.6 Å². The van der Waals surface area contributed by atoms with Gasteiger partial charge in [-0.2, -0.15) is 0 Å². The van der Waals surface area contributed by atoms with Crippen LogP contribution >= 0.6 is 0 Å². The molecule has 0 bridgehead atoms. The third kappa shape index (κ3) is 3.06. The lowest BCUT2D eigenvalue weighted by atomic mass is 9.73. The second-order valence-corrected chi connectivity index (χ2v) is 8.39. The fourth-order valence-corrected chi connectivity index (χ4v) is 5.01. The van der Waals surface area contributed by atoms with Crippen LogP contribution in [0.15, 0.2) is 55.0 Å². The first-order valence-electron chi connectivity index (χ1n) is 10.3. The van der Waals surface area contributed by atoms with Crippen molar-refractivity contribution in [2.75, 3.05) is 0 Å². The van der Waals surface area contributed by atoms with Crippen molar-refractivity contribution in [2.45, 2.75) is 49.7 Å². The molecule has 4 nitrogen and oxygen atoms in total. The molecule has 0 spiro atoms. The second-order valence-electron chi connectivity index (χ2n) is 8.39. The highest BCUT2D eigenvalue weighted by Crippen LogP contribution is 2.45. The van der Waals surface area contributed by atoms with Gasteiger partial charge in [-0.25, -0.2) is 13.8 Å². The van der Waals surface area contributed by atoms with Gasteiger partial charge in [0.05, 0.1) is 24.3 Å². The van der Waals surface area contributed by atoms with Crippen molar-refractivity contribution < 1.29 is 18.7 Å². The normalized spacial score (nSPS) is 25.0. The van der Waals surface area contributed by atoms with Gasteiger partial charge in [0.25, 0.3) is 0 Å². The monoisotopic (exact) mass is 408 g/mol. The summed E-state index contributed by atoms with van der Waals surface area (Å²) in [5.41, 5.74) is 1.64. The van der Waals surface area contributed by atoms with E-state index in [1.807, 2.05) is 10.6 Å². The number of imidazole rings is 1. The highest BCUT2D eigenvalue weighted by molar-refractivity contribution is 5.88. The van der Waals surface area contributed by atoms with E-state index in [1.54, 1.807) is 30.7 Å². The summed E-state index contributed by atoms with van der Waals surface area (Å²) in [5, 5.41) is 11.1. The minimum atomic E-state index is -1.41. The molecule has 0 radical (unpaired) electrons. The van der Waals surface area contributed by atoms with Gasteiger partial charge in [0.1, 0.15) is 17.2 Å². The van der Waals surface area contributed by atoms with Crippen LogP contribution < -0.4 is 0 Å². The predicted octanol–water partition coefficient (Wildman–Crippen LogP) is 4.78. The Balaban J connectivity index is 1.33. The van der Waals surface area contributed by atoms with Crippen molar-refractivity contribution in [3.63, 3.8) is 0 Å². The van der Waals surface area contributed by atoms with Gasteiger partial charge in [0.15, 0.2) is 5.78 Å². The number of fused-ring (bicyclic) bond motifs is 3. The summed E-state index contributed by atoms with van der Waals surface area (Å²) in [6.45, 7) is 0. The highest BCUT2D eigenvalue weighted by atomic mass is 19.1. The molecule has 6 heteroatoms. The quantitative estimate of drug-likeness (QED) is 0.676.